The Morgan fingerprint density at radius 1 is 0.960 bits per heavy atom. The number of nitrogens with one attached hydrogen (secondary N) is 2. The Kier molecular flexibility index (Phi) is 5.17. The molecule has 0 atom stereocenters. The number of carbonyl (C=O) groups is 2. The molecule has 0 aromatic heterocycles. The topological polar surface area (TPSA) is 58.2 Å². The van der Waals surface area contributed by atoms with Crippen LogP contribution in [-0.2, 0) is 16.0 Å². The number of anilines is 2. The Balaban J connectivity index is 1.49. The fraction of sp³-hybridized carbons (Fsp3) is 0.333. The van der Waals surface area contributed by atoms with Crippen LogP contribution in [0.2, 0.25) is 0 Å². The summed E-state index contributed by atoms with van der Waals surface area (Å²) in [6.07, 6.45) is 3.15. The van der Waals surface area contributed by atoms with Crippen molar-refractivity contribution in [3.8, 4) is 0 Å². The molecule has 1 saturated carbocycles. The molecule has 0 bridgehead atoms. The third kappa shape index (κ3) is 4.92. The molecule has 0 spiro atoms. The van der Waals surface area contributed by atoms with E-state index < -0.39 is 0 Å². The number of hydrogen-bond donors (Lipinski definition) is 2. The van der Waals surface area contributed by atoms with Crippen molar-refractivity contribution in [3.05, 3.63) is 59.2 Å². The van der Waals surface area contributed by atoms with Gasteiger partial charge in [-0.05, 0) is 68.5 Å². The minimum atomic E-state index is -0.00487. The van der Waals surface area contributed by atoms with Crippen molar-refractivity contribution >= 4 is 23.2 Å². The van der Waals surface area contributed by atoms with Crippen molar-refractivity contribution in [2.24, 2.45) is 5.92 Å². The third-order valence-corrected chi connectivity index (χ3v) is 4.50. The maximum absolute atomic E-state index is 12.1. The molecular formula is C21H24N2O2. The standard InChI is InChI=1S/C21H24N2O2/c1-14-3-4-16(15(2)13-14)7-12-20(24)22-18-8-10-19(11-9-18)23-21(25)17-5-6-17/h3-4,8-11,13,17H,5-7,12H2,1-2H3,(H,22,24)(H,23,25). The average molecular weight is 336 g/mol. The van der Waals surface area contributed by atoms with Crippen molar-refractivity contribution in [1.29, 1.82) is 0 Å². The van der Waals surface area contributed by atoms with Crippen LogP contribution in [-0.4, -0.2) is 11.8 Å². The zero-order valence-electron chi connectivity index (χ0n) is 14.8. The van der Waals surface area contributed by atoms with E-state index in [1.807, 2.05) is 24.3 Å². The second kappa shape index (κ2) is 7.51. The molecule has 4 heteroatoms. The SMILES string of the molecule is Cc1ccc(CCC(=O)Nc2ccc(NC(=O)C3CC3)cc2)c(C)c1. The minimum Gasteiger partial charge on any atom is -0.326 e. The van der Waals surface area contributed by atoms with E-state index in [-0.39, 0.29) is 17.7 Å². The van der Waals surface area contributed by atoms with E-state index in [4.69, 9.17) is 0 Å². The van der Waals surface area contributed by atoms with Crippen molar-refractivity contribution in [1.82, 2.24) is 0 Å². The predicted molar refractivity (Wildman–Crippen MR) is 101 cm³/mol. The molecule has 2 aromatic carbocycles. The van der Waals surface area contributed by atoms with Crippen molar-refractivity contribution in [2.45, 2.75) is 39.5 Å². The maximum atomic E-state index is 12.1. The van der Waals surface area contributed by atoms with E-state index in [2.05, 4.69) is 42.7 Å². The molecule has 3 rings (SSSR count). The normalized spacial score (nSPS) is 13.4. The summed E-state index contributed by atoms with van der Waals surface area (Å²) in [6.45, 7) is 4.15. The van der Waals surface area contributed by atoms with Gasteiger partial charge in [-0.2, -0.15) is 0 Å². The molecule has 1 aliphatic rings. The fourth-order valence-electron chi connectivity index (χ4n) is 2.82. The number of aryl methyl sites for hydroxylation is 3. The number of carbonyl (C=O) groups excluding carboxylic acids is 2. The van der Waals surface area contributed by atoms with Gasteiger partial charge in [0.15, 0.2) is 0 Å². The molecule has 25 heavy (non-hydrogen) atoms. The summed E-state index contributed by atoms with van der Waals surface area (Å²) in [6, 6.07) is 13.6. The number of benzene rings is 2. The van der Waals surface area contributed by atoms with Gasteiger partial charge in [-0.3, -0.25) is 9.59 Å². The molecular weight excluding hydrogens is 312 g/mol. The van der Waals surface area contributed by atoms with Gasteiger partial charge in [-0.25, -0.2) is 0 Å². The summed E-state index contributed by atoms with van der Waals surface area (Å²) in [5.74, 6) is 0.268. The first-order valence-electron chi connectivity index (χ1n) is 8.78. The molecule has 0 unspecified atom stereocenters. The number of amides is 2. The second-order valence-electron chi connectivity index (χ2n) is 6.82. The van der Waals surface area contributed by atoms with Crippen LogP contribution in [0, 0.1) is 19.8 Å². The molecule has 130 valence electrons. The first kappa shape index (κ1) is 17.2. The lowest BCUT2D eigenvalue weighted by atomic mass is 10.0. The van der Waals surface area contributed by atoms with Crippen LogP contribution in [0.25, 0.3) is 0 Å². The summed E-state index contributed by atoms with van der Waals surface area (Å²) in [7, 11) is 0. The Morgan fingerprint density at radius 2 is 1.60 bits per heavy atom. The van der Waals surface area contributed by atoms with Crippen LogP contribution in [0.5, 0.6) is 0 Å². The molecule has 0 heterocycles. The van der Waals surface area contributed by atoms with Gasteiger partial charge in [0.05, 0.1) is 0 Å². The van der Waals surface area contributed by atoms with Gasteiger partial charge in [-0.15, -0.1) is 0 Å². The van der Waals surface area contributed by atoms with E-state index in [0.717, 1.165) is 30.6 Å². The lowest BCUT2D eigenvalue weighted by Gasteiger charge is -2.09. The monoisotopic (exact) mass is 336 g/mol. The quantitative estimate of drug-likeness (QED) is 0.829. The highest BCUT2D eigenvalue weighted by Crippen LogP contribution is 2.30. The average Bonchev–Trinajstić information content (AvgIpc) is 3.41. The zero-order chi connectivity index (χ0) is 17.8. The van der Waals surface area contributed by atoms with Gasteiger partial charge in [0.1, 0.15) is 0 Å². The molecule has 0 aliphatic heterocycles. The van der Waals surface area contributed by atoms with E-state index >= 15 is 0 Å². The van der Waals surface area contributed by atoms with E-state index in [0.29, 0.717) is 6.42 Å². The zero-order valence-corrected chi connectivity index (χ0v) is 14.8. The highest BCUT2D eigenvalue weighted by molar-refractivity contribution is 5.95. The van der Waals surface area contributed by atoms with Gasteiger partial charge in [0.25, 0.3) is 0 Å². The molecule has 0 radical (unpaired) electrons. The summed E-state index contributed by atoms with van der Waals surface area (Å²) in [4.78, 5) is 23.9. The van der Waals surface area contributed by atoms with Crippen LogP contribution >= 0.6 is 0 Å². The summed E-state index contributed by atoms with van der Waals surface area (Å²) in [5.41, 5.74) is 5.18. The van der Waals surface area contributed by atoms with Crippen LogP contribution in [0.1, 0.15) is 36.0 Å². The van der Waals surface area contributed by atoms with E-state index in [9.17, 15) is 9.59 Å². The molecule has 2 N–H and O–H groups in total. The minimum absolute atomic E-state index is 0.00487. The first-order valence-corrected chi connectivity index (χ1v) is 8.78. The lowest BCUT2D eigenvalue weighted by Crippen LogP contribution is -2.14. The maximum Gasteiger partial charge on any atom is 0.227 e. The molecule has 1 aliphatic carbocycles. The lowest BCUT2D eigenvalue weighted by molar-refractivity contribution is -0.117. The second-order valence-corrected chi connectivity index (χ2v) is 6.82. The first-order chi connectivity index (χ1) is 12.0. The summed E-state index contributed by atoms with van der Waals surface area (Å²) in [5, 5.41) is 5.80. The molecule has 0 saturated heterocycles. The fourth-order valence-corrected chi connectivity index (χ4v) is 2.82. The van der Waals surface area contributed by atoms with Crippen molar-refractivity contribution < 1.29 is 9.59 Å². The largest absolute Gasteiger partial charge is 0.326 e. The smallest absolute Gasteiger partial charge is 0.227 e. The number of rotatable bonds is 6. The Morgan fingerprint density at radius 3 is 2.20 bits per heavy atom. The summed E-state index contributed by atoms with van der Waals surface area (Å²) >= 11 is 0. The predicted octanol–water partition coefficient (Wildman–Crippen LogP) is 4.22. The molecule has 1 fully saturated rings. The van der Waals surface area contributed by atoms with Gasteiger partial charge in [0, 0.05) is 23.7 Å². The van der Waals surface area contributed by atoms with Crippen molar-refractivity contribution in [2.75, 3.05) is 10.6 Å². The van der Waals surface area contributed by atoms with Gasteiger partial charge < -0.3 is 10.6 Å². The highest BCUT2D eigenvalue weighted by Gasteiger charge is 2.29. The van der Waals surface area contributed by atoms with E-state index in [1.165, 1.54) is 16.7 Å². The van der Waals surface area contributed by atoms with Gasteiger partial charge >= 0.3 is 0 Å². The molecule has 2 aromatic rings. The van der Waals surface area contributed by atoms with Crippen LogP contribution in [0.15, 0.2) is 42.5 Å². The molecule has 2 amide bonds. The van der Waals surface area contributed by atoms with E-state index in [1.54, 1.807) is 0 Å². The Hall–Kier alpha value is -2.62. The van der Waals surface area contributed by atoms with Crippen molar-refractivity contribution in [3.63, 3.8) is 0 Å². The van der Waals surface area contributed by atoms with Gasteiger partial charge in [-0.1, -0.05) is 23.8 Å². The van der Waals surface area contributed by atoms with Crippen LogP contribution in [0.4, 0.5) is 11.4 Å². The Bertz CT molecular complexity index is 777. The summed E-state index contributed by atoms with van der Waals surface area (Å²) < 4.78 is 0. The number of hydrogen-bond acceptors (Lipinski definition) is 2. The van der Waals surface area contributed by atoms with Crippen LogP contribution < -0.4 is 10.6 Å². The third-order valence-electron chi connectivity index (χ3n) is 4.50. The van der Waals surface area contributed by atoms with Gasteiger partial charge in [0.2, 0.25) is 11.8 Å². The highest BCUT2D eigenvalue weighted by atomic mass is 16.2. The van der Waals surface area contributed by atoms with Crippen LogP contribution in [0.3, 0.4) is 0 Å². The Labute approximate surface area is 148 Å². The molecule has 4 nitrogen and oxygen atoms in total.